The second kappa shape index (κ2) is 8.08. The SMILES string of the molecule is CCC(NC(=O)NC(C)(CC)CCO)c1cc(F)ccc1F. The summed E-state index contributed by atoms with van der Waals surface area (Å²) in [4.78, 5) is 12.1. The van der Waals surface area contributed by atoms with Crippen molar-refractivity contribution in [3.8, 4) is 0 Å². The van der Waals surface area contributed by atoms with Crippen LogP contribution in [0.25, 0.3) is 0 Å². The van der Waals surface area contributed by atoms with Gasteiger partial charge in [-0.05, 0) is 44.4 Å². The van der Waals surface area contributed by atoms with Gasteiger partial charge in [-0.15, -0.1) is 0 Å². The second-order valence-corrected chi connectivity index (χ2v) is 5.61. The summed E-state index contributed by atoms with van der Waals surface area (Å²) in [6, 6.07) is 2.10. The summed E-state index contributed by atoms with van der Waals surface area (Å²) in [6.07, 6.45) is 1.49. The number of benzene rings is 1. The van der Waals surface area contributed by atoms with E-state index in [0.29, 0.717) is 19.3 Å². The van der Waals surface area contributed by atoms with Gasteiger partial charge in [-0.2, -0.15) is 0 Å². The summed E-state index contributed by atoms with van der Waals surface area (Å²) >= 11 is 0. The first-order chi connectivity index (χ1) is 10.3. The van der Waals surface area contributed by atoms with Gasteiger partial charge in [0.15, 0.2) is 0 Å². The number of rotatable bonds is 7. The fourth-order valence-corrected chi connectivity index (χ4v) is 2.22. The minimum absolute atomic E-state index is 0.0413. The first-order valence-electron chi connectivity index (χ1n) is 7.49. The third kappa shape index (κ3) is 4.94. The number of carbonyl (C=O) groups excluding carboxylic acids is 1. The Hall–Kier alpha value is -1.69. The maximum Gasteiger partial charge on any atom is 0.315 e. The summed E-state index contributed by atoms with van der Waals surface area (Å²) in [7, 11) is 0. The van der Waals surface area contributed by atoms with E-state index < -0.39 is 29.2 Å². The van der Waals surface area contributed by atoms with Gasteiger partial charge in [-0.25, -0.2) is 13.6 Å². The van der Waals surface area contributed by atoms with Gasteiger partial charge >= 0.3 is 6.03 Å². The van der Waals surface area contributed by atoms with Crippen LogP contribution < -0.4 is 10.6 Å². The average molecular weight is 314 g/mol. The molecule has 0 saturated heterocycles. The van der Waals surface area contributed by atoms with E-state index in [2.05, 4.69) is 10.6 Å². The minimum atomic E-state index is -0.620. The molecule has 2 atom stereocenters. The molecule has 0 spiro atoms. The molecule has 0 saturated carbocycles. The molecule has 2 unspecified atom stereocenters. The number of urea groups is 1. The third-order valence-electron chi connectivity index (χ3n) is 3.91. The fourth-order valence-electron chi connectivity index (χ4n) is 2.22. The Morgan fingerprint density at radius 1 is 1.36 bits per heavy atom. The first-order valence-corrected chi connectivity index (χ1v) is 7.49. The maximum atomic E-state index is 13.8. The van der Waals surface area contributed by atoms with E-state index >= 15 is 0 Å². The van der Waals surface area contributed by atoms with Crippen LogP contribution in [0.1, 0.15) is 51.6 Å². The lowest BCUT2D eigenvalue weighted by molar-refractivity contribution is 0.198. The highest BCUT2D eigenvalue weighted by Gasteiger charge is 2.25. The summed E-state index contributed by atoms with van der Waals surface area (Å²) in [6.45, 7) is 5.47. The Bertz CT molecular complexity index is 511. The number of amides is 2. The second-order valence-electron chi connectivity index (χ2n) is 5.61. The molecule has 22 heavy (non-hydrogen) atoms. The summed E-state index contributed by atoms with van der Waals surface area (Å²) in [5.74, 6) is -1.10. The smallest absolute Gasteiger partial charge is 0.315 e. The maximum absolute atomic E-state index is 13.8. The Balaban J connectivity index is 2.81. The summed E-state index contributed by atoms with van der Waals surface area (Å²) in [5, 5.41) is 14.5. The monoisotopic (exact) mass is 314 g/mol. The van der Waals surface area contributed by atoms with Crippen molar-refractivity contribution in [2.75, 3.05) is 6.61 Å². The molecule has 0 fully saturated rings. The van der Waals surface area contributed by atoms with Crippen LogP contribution in [-0.4, -0.2) is 23.3 Å². The van der Waals surface area contributed by atoms with Gasteiger partial charge in [-0.1, -0.05) is 13.8 Å². The molecule has 0 aliphatic heterocycles. The molecule has 0 radical (unpaired) electrons. The van der Waals surface area contributed by atoms with Crippen LogP contribution in [0, 0.1) is 11.6 Å². The van der Waals surface area contributed by atoms with Crippen LogP contribution >= 0.6 is 0 Å². The number of hydrogen-bond donors (Lipinski definition) is 3. The molecule has 1 rings (SSSR count). The normalized spacial score (nSPS) is 15.0. The standard InChI is InChI=1S/C16H24F2N2O2/c1-4-14(12-10-11(17)6-7-13(12)18)19-15(22)20-16(3,5-2)8-9-21/h6-7,10,14,21H,4-5,8-9H2,1-3H3,(H2,19,20,22). The zero-order chi connectivity index (χ0) is 16.8. The molecule has 4 nitrogen and oxygen atoms in total. The van der Waals surface area contributed by atoms with Crippen molar-refractivity contribution in [3.63, 3.8) is 0 Å². The minimum Gasteiger partial charge on any atom is -0.396 e. The summed E-state index contributed by atoms with van der Waals surface area (Å²) in [5.41, 5.74) is -0.421. The largest absolute Gasteiger partial charge is 0.396 e. The molecular weight excluding hydrogens is 290 g/mol. The van der Waals surface area contributed by atoms with E-state index in [-0.39, 0.29) is 12.2 Å². The predicted octanol–water partition coefficient (Wildman–Crippen LogP) is 3.27. The number of aliphatic hydroxyl groups is 1. The van der Waals surface area contributed by atoms with Crippen molar-refractivity contribution >= 4 is 6.03 Å². The number of carbonyl (C=O) groups is 1. The number of aliphatic hydroxyl groups excluding tert-OH is 1. The van der Waals surface area contributed by atoms with Gasteiger partial charge in [0, 0.05) is 17.7 Å². The van der Waals surface area contributed by atoms with Crippen LogP contribution in [0.15, 0.2) is 18.2 Å². The van der Waals surface area contributed by atoms with Gasteiger partial charge in [0.25, 0.3) is 0 Å². The van der Waals surface area contributed by atoms with Gasteiger partial charge < -0.3 is 15.7 Å². The molecule has 0 bridgehead atoms. The van der Waals surface area contributed by atoms with Crippen LogP contribution in [0.5, 0.6) is 0 Å². The Kier molecular flexibility index (Phi) is 6.74. The molecular formula is C16H24F2N2O2. The third-order valence-corrected chi connectivity index (χ3v) is 3.91. The molecule has 124 valence electrons. The van der Waals surface area contributed by atoms with Crippen molar-refractivity contribution in [1.29, 1.82) is 0 Å². The predicted molar refractivity (Wildman–Crippen MR) is 81.5 cm³/mol. The molecule has 0 aromatic heterocycles. The number of nitrogens with one attached hydrogen (secondary N) is 2. The van der Waals surface area contributed by atoms with Crippen LogP contribution in [0.3, 0.4) is 0 Å². The van der Waals surface area contributed by atoms with Crippen molar-refractivity contribution in [3.05, 3.63) is 35.4 Å². The van der Waals surface area contributed by atoms with E-state index in [1.807, 2.05) is 13.8 Å². The fraction of sp³-hybridized carbons (Fsp3) is 0.562. The van der Waals surface area contributed by atoms with Crippen molar-refractivity contribution in [1.82, 2.24) is 10.6 Å². The van der Waals surface area contributed by atoms with Gasteiger partial charge in [0.05, 0.1) is 6.04 Å². The van der Waals surface area contributed by atoms with E-state index in [9.17, 15) is 13.6 Å². The number of halogens is 2. The van der Waals surface area contributed by atoms with Gasteiger partial charge in [-0.3, -0.25) is 0 Å². The summed E-state index contributed by atoms with van der Waals surface area (Å²) < 4.78 is 27.1. The molecule has 0 aliphatic rings. The van der Waals surface area contributed by atoms with Crippen molar-refractivity contribution < 1.29 is 18.7 Å². The molecule has 1 aromatic rings. The topological polar surface area (TPSA) is 61.4 Å². The zero-order valence-corrected chi connectivity index (χ0v) is 13.2. The Morgan fingerprint density at radius 2 is 2.05 bits per heavy atom. The number of hydrogen-bond acceptors (Lipinski definition) is 2. The van der Waals surface area contributed by atoms with Crippen LogP contribution in [0.4, 0.5) is 13.6 Å². The van der Waals surface area contributed by atoms with E-state index in [1.165, 1.54) is 0 Å². The first kappa shape index (κ1) is 18.4. The quantitative estimate of drug-likeness (QED) is 0.723. The van der Waals surface area contributed by atoms with Crippen LogP contribution in [0.2, 0.25) is 0 Å². The van der Waals surface area contributed by atoms with E-state index in [4.69, 9.17) is 5.11 Å². The lowest BCUT2D eigenvalue weighted by Crippen LogP contribution is -2.51. The molecule has 3 N–H and O–H groups in total. The van der Waals surface area contributed by atoms with Gasteiger partial charge in [0.1, 0.15) is 11.6 Å². The van der Waals surface area contributed by atoms with E-state index in [0.717, 1.165) is 18.2 Å². The lowest BCUT2D eigenvalue weighted by Gasteiger charge is -2.30. The molecule has 6 heteroatoms. The molecule has 2 amide bonds. The molecule has 1 aromatic carbocycles. The average Bonchev–Trinajstić information content (AvgIpc) is 2.47. The molecule has 0 aliphatic carbocycles. The van der Waals surface area contributed by atoms with Crippen molar-refractivity contribution in [2.24, 2.45) is 0 Å². The Morgan fingerprint density at radius 3 is 2.59 bits per heavy atom. The highest BCUT2D eigenvalue weighted by atomic mass is 19.1. The zero-order valence-electron chi connectivity index (χ0n) is 13.2. The highest BCUT2D eigenvalue weighted by Crippen LogP contribution is 2.21. The van der Waals surface area contributed by atoms with Crippen molar-refractivity contribution in [2.45, 2.75) is 51.6 Å². The van der Waals surface area contributed by atoms with Crippen LogP contribution in [-0.2, 0) is 0 Å². The Labute approximate surface area is 129 Å². The highest BCUT2D eigenvalue weighted by molar-refractivity contribution is 5.75. The molecule has 0 heterocycles. The van der Waals surface area contributed by atoms with E-state index in [1.54, 1.807) is 6.92 Å². The van der Waals surface area contributed by atoms with Gasteiger partial charge in [0.2, 0.25) is 0 Å². The lowest BCUT2D eigenvalue weighted by atomic mass is 9.95.